The number of halogens is 1. The summed E-state index contributed by atoms with van der Waals surface area (Å²) in [5.74, 6) is -0.257. The van der Waals surface area contributed by atoms with Gasteiger partial charge in [0.1, 0.15) is 22.5 Å². The Labute approximate surface area is 226 Å². The van der Waals surface area contributed by atoms with Crippen LogP contribution in [0.2, 0.25) is 0 Å². The van der Waals surface area contributed by atoms with E-state index in [9.17, 15) is 4.79 Å². The van der Waals surface area contributed by atoms with E-state index in [1.807, 2.05) is 30.3 Å². The molecular formula is C30H19FN8O. The maximum Gasteiger partial charge on any atom is 0.255 e. The molecule has 7 aromatic rings. The minimum Gasteiger partial charge on any atom is -0.336 e. The molecule has 192 valence electrons. The Morgan fingerprint density at radius 3 is 2.52 bits per heavy atom. The standard InChI is InChI=1S/C30H19FN8O/c31-23-14-19(20-12-21(16-33-15-20)35-30(40)18-4-2-1-3-5-18)13-22-26(23)38-39-27(22)29-36-24-8-11-34-25(28(24)37-29)17-6-9-32-10-7-17/h1-16H,(H,35,40)(H,36,37)(H,38,39). The number of hydrogen-bond donors (Lipinski definition) is 3. The molecule has 7 rings (SSSR count). The van der Waals surface area contributed by atoms with Gasteiger partial charge in [-0.15, -0.1) is 0 Å². The van der Waals surface area contributed by atoms with E-state index in [1.165, 1.54) is 6.07 Å². The second kappa shape index (κ2) is 9.52. The molecule has 0 fully saturated rings. The third-order valence-electron chi connectivity index (χ3n) is 6.57. The summed E-state index contributed by atoms with van der Waals surface area (Å²) in [6.45, 7) is 0. The van der Waals surface area contributed by atoms with Crippen molar-refractivity contribution in [1.82, 2.24) is 35.1 Å². The Bertz CT molecular complexity index is 2020. The van der Waals surface area contributed by atoms with Crippen molar-refractivity contribution in [3.63, 3.8) is 0 Å². The number of benzene rings is 2. The van der Waals surface area contributed by atoms with Gasteiger partial charge in [0.05, 0.1) is 23.1 Å². The first-order valence-electron chi connectivity index (χ1n) is 12.4. The Hall–Kier alpha value is -5.77. The molecule has 1 amide bonds. The highest BCUT2D eigenvalue weighted by Crippen LogP contribution is 2.34. The number of amides is 1. The van der Waals surface area contributed by atoms with Crippen LogP contribution >= 0.6 is 0 Å². The summed E-state index contributed by atoms with van der Waals surface area (Å²) in [6, 6.07) is 19.4. The van der Waals surface area contributed by atoms with E-state index in [0.717, 1.165) is 11.1 Å². The average molecular weight is 527 g/mol. The maximum absolute atomic E-state index is 15.3. The highest BCUT2D eigenvalue weighted by atomic mass is 19.1. The lowest BCUT2D eigenvalue weighted by Crippen LogP contribution is -2.11. The van der Waals surface area contributed by atoms with Crippen molar-refractivity contribution < 1.29 is 9.18 Å². The van der Waals surface area contributed by atoms with Crippen LogP contribution < -0.4 is 5.32 Å². The van der Waals surface area contributed by atoms with E-state index >= 15 is 4.39 Å². The summed E-state index contributed by atoms with van der Waals surface area (Å²) >= 11 is 0. The number of aromatic nitrogens is 7. The molecule has 0 aliphatic carbocycles. The van der Waals surface area contributed by atoms with Gasteiger partial charge >= 0.3 is 0 Å². The largest absolute Gasteiger partial charge is 0.336 e. The minimum atomic E-state index is -0.472. The fourth-order valence-electron chi connectivity index (χ4n) is 4.65. The minimum absolute atomic E-state index is 0.258. The van der Waals surface area contributed by atoms with Gasteiger partial charge in [-0.25, -0.2) is 9.37 Å². The van der Waals surface area contributed by atoms with Crippen LogP contribution in [0.15, 0.2) is 97.7 Å². The first-order valence-corrected chi connectivity index (χ1v) is 12.4. The van der Waals surface area contributed by atoms with Gasteiger partial charge in [0.2, 0.25) is 0 Å². The molecular weight excluding hydrogens is 507 g/mol. The number of pyridine rings is 3. The van der Waals surface area contributed by atoms with Gasteiger partial charge in [-0.3, -0.25) is 24.8 Å². The monoisotopic (exact) mass is 526 g/mol. The Kier molecular flexibility index (Phi) is 5.56. The van der Waals surface area contributed by atoms with Crippen LogP contribution in [0.3, 0.4) is 0 Å². The van der Waals surface area contributed by atoms with Crippen LogP contribution in [0.25, 0.3) is 55.8 Å². The average Bonchev–Trinajstić information content (AvgIpc) is 3.63. The summed E-state index contributed by atoms with van der Waals surface area (Å²) in [5.41, 5.74) is 5.98. The van der Waals surface area contributed by atoms with Gasteiger partial charge < -0.3 is 10.3 Å². The zero-order valence-corrected chi connectivity index (χ0v) is 20.8. The molecule has 3 N–H and O–H groups in total. The van der Waals surface area contributed by atoms with E-state index in [0.29, 0.717) is 50.5 Å². The molecule has 0 atom stereocenters. The van der Waals surface area contributed by atoms with Crippen molar-refractivity contribution in [2.45, 2.75) is 0 Å². The van der Waals surface area contributed by atoms with Gasteiger partial charge in [-0.2, -0.15) is 5.10 Å². The van der Waals surface area contributed by atoms with Gasteiger partial charge in [-0.05, 0) is 54.1 Å². The van der Waals surface area contributed by atoms with Crippen molar-refractivity contribution >= 4 is 33.5 Å². The normalized spacial score (nSPS) is 11.2. The number of fused-ring (bicyclic) bond motifs is 2. The molecule has 0 aliphatic heterocycles. The predicted octanol–water partition coefficient (Wildman–Crippen LogP) is 6.02. The number of imidazole rings is 1. The lowest BCUT2D eigenvalue weighted by Gasteiger charge is -2.08. The van der Waals surface area contributed by atoms with Crippen molar-refractivity contribution in [2.75, 3.05) is 5.32 Å². The summed E-state index contributed by atoms with van der Waals surface area (Å²) in [5, 5.41) is 10.6. The number of carbonyl (C=O) groups excluding carboxylic acids is 1. The number of H-pyrrole nitrogens is 2. The summed E-state index contributed by atoms with van der Waals surface area (Å²) < 4.78 is 15.3. The molecule has 40 heavy (non-hydrogen) atoms. The van der Waals surface area contributed by atoms with Crippen LogP contribution in [-0.2, 0) is 0 Å². The van der Waals surface area contributed by atoms with Crippen molar-refractivity contribution in [2.24, 2.45) is 0 Å². The fourth-order valence-corrected chi connectivity index (χ4v) is 4.65. The predicted molar refractivity (Wildman–Crippen MR) is 150 cm³/mol. The molecule has 0 saturated carbocycles. The zero-order chi connectivity index (χ0) is 27.1. The van der Waals surface area contributed by atoms with E-state index in [4.69, 9.17) is 4.98 Å². The van der Waals surface area contributed by atoms with E-state index in [2.05, 4.69) is 35.5 Å². The molecule has 10 heteroatoms. The third-order valence-corrected chi connectivity index (χ3v) is 6.57. The van der Waals surface area contributed by atoms with E-state index < -0.39 is 5.82 Å². The Morgan fingerprint density at radius 2 is 1.68 bits per heavy atom. The quantitative estimate of drug-likeness (QED) is 0.252. The summed E-state index contributed by atoms with van der Waals surface area (Å²) in [7, 11) is 0. The maximum atomic E-state index is 15.3. The Morgan fingerprint density at radius 1 is 0.825 bits per heavy atom. The van der Waals surface area contributed by atoms with Crippen molar-refractivity contribution in [3.05, 3.63) is 109 Å². The molecule has 0 unspecified atom stereocenters. The molecule has 5 heterocycles. The number of aromatic amines is 2. The molecule has 0 aliphatic rings. The molecule has 0 spiro atoms. The van der Waals surface area contributed by atoms with E-state index in [1.54, 1.807) is 61.3 Å². The smallest absolute Gasteiger partial charge is 0.255 e. The number of nitrogens with zero attached hydrogens (tertiary/aromatic N) is 5. The Balaban J connectivity index is 1.28. The number of rotatable bonds is 5. The van der Waals surface area contributed by atoms with Gasteiger partial charge in [0, 0.05) is 46.9 Å². The SMILES string of the molecule is O=C(Nc1cncc(-c2cc(F)c3[nH]nc(-c4nc5c(-c6ccncc6)nccc5[nH]4)c3c2)c1)c1ccccc1. The van der Waals surface area contributed by atoms with Gasteiger partial charge in [-0.1, -0.05) is 18.2 Å². The second-order valence-electron chi connectivity index (χ2n) is 9.11. The van der Waals surface area contributed by atoms with Crippen molar-refractivity contribution in [1.29, 1.82) is 0 Å². The second-order valence-corrected chi connectivity index (χ2v) is 9.11. The number of nitrogens with one attached hydrogen (secondary N) is 3. The fraction of sp³-hybridized carbons (Fsp3) is 0. The van der Waals surface area contributed by atoms with Crippen molar-refractivity contribution in [3.8, 4) is 33.9 Å². The van der Waals surface area contributed by atoms with Gasteiger partial charge in [0.15, 0.2) is 5.82 Å². The first kappa shape index (κ1) is 23.4. The van der Waals surface area contributed by atoms with Crippen LogP contribution in [-0.4, -0.2) is 41.0 Å². The molecule has 9 nitrogen and oxygen atoms in total. The van der Waals surface area contributed by atoms with E-state index in [-0.39, 0.29) is 11.4 Å². The van der Waals surface area contributed by atoms with Gasteiger partial charge in [0.25, 0.3) is 5.91 Å². The highest BCUT2D eigenvalue weighted by molar-refractivity contribution is 6.04. The molecule has 0 bridgehead atoms. The summed E-state index contributed by atoms with van der Waals surface area (Å²) in [4.78, 5) is 33.5. The topological polar surface area (TPSA) is 125 Å². The molecule has 5 aromatic heterocycles. The van der Waals surface area contributed by atoms with Crippen LogP contribution in [0.4, 0.5) is 10.1 Å². The first-order chi connectivity index (χ1) is 19.6. The van der Waals surface area contributed by atoms with Crippen LogP contribution in [0.5, 0.6) is 0 Å². The molecule has 2 aromatic carbocycles. The lowest BCUT2D eigenvalue weighted by molar-refractivity contribution is 0.102. The van der Waals surface area contributed by atoms with Crippen LogP contribution in [0.1, 0.15) is 10.4 Å². The number of carbonyl (C=O) groups is 1. The lowest BCUT2D eigenvalue weighted by atomic mass is 10.0. The molecule has 0 radical (unpaired) electrons. The third kappa shape index (κ3) is 4.13. The number of anilines is 1. The van der Waals surface area contributed by atoms with Crippen LogP contribution in [0, 0.1) is 5.82 Å². The summed E-state index contributed by atoms with van der Waals surface area (Å²) in [6.07, 6.45) is 8.27. The molecule has 0 saturated heterocycles. The number of hydrogen-bond acceptors (Lipinski definition) is 6. The zero-order valence-electron chi connectivity index (χ0n) is 20.8. The highest BCUT2D eigenvalue weighted by Gasteiger charge is 2.19.